The van der Waals surface area contributed by atoms with Gasteiger partial charge in [-0.25, -0.2) is 0 Å². The molecule has 1 aromatic rings. The fraction of sp³-hybridized carbons (Fsp3) is 0.625. The predicted molar refractivity (Wildman–Crippen MR) is 83.5 cm³/mol. The maximum Gasteiger partial charge on any atom is 0.144 e. The summed E-state index contributed by atoms with van der Waals surface area (Å²) in [6.45, 7) is 5.53. The molecule has 4 nitrogen and oxygen atoms in total. The van der Waals surface area contributed by atoms with Gasteiger partial charge < -0.3 is 20.1 Å². The maximum absolute atomic E-state index is 6.23. The van der Waals surface area contributed by atoms with E-state index in [1.807, 2.05) is 12.1 Å². The second-order valence-corrected chi connectivity index (χ2v) is 5.50. The van der Waals surface area contributed by atoms with Crippen LogP contribution in [0.3, 0.4) is 0 Å². The van der Waals surface area contributed by atoms with Crippen molar-refractivity contribution in [2.75, 3.05) is 44.0 Å². The van der Waals surface area contributed by atoms with Gasteiger partial charge in [-0.2, -0.15) is 0 Å². The highest BCUT2D eigenvalue weighted by Gasteiger charge is 2.18. The van der Waals surface area contributed by atoms with Crippen LogP contribution in [0.2, 0.25) is 0 Å². The summed E-state index contributed by atoms with van der Waals surface area (Å²) in [5.41, 5.74) is 8.01. The van der Waals surface area contributed by atoms with Gasteiger partial charge >= 0.3 is 0 Å². The van der Waals surface area contributed by atoms with Gasteiger partial charge in [-0.15, -0.1) is 0 Å². The Morgan fingerprint density at radius 3 is 3.00 bits per heavy atom. The minimum absolute atomic E-state index is 0.591. The molecule has 20 heavy (non-hydrogen) atoms. The Balaban J connectivity index is 2.02. The lowest BCUT2D eigenvalue weighted by molar-refractivity contribution is 0.0576. The van der Waals surface area contributed by atoms with E-state index in [-0.39, 0.29) is 0 Å². The van der Waals surface area contributed by atoms with Gasteiger partial charge in [-0.1, -0.05) is 13.0 Å². The highest BCUT2D eigenvalue weighted by Crippen LogP contribution is 2.32. The molecule has 0 spiro atoms. The molecule has 1 fully saturated rings. The molecular formula is C16H26N2O2. The highest BCUT2D eigenvalue weighted by atomic mass is 16.5. The standard InChI is InChI=1S/C16H26N2O2/c1-3-9-20-15-8-4-7-14(16(15)17)18(2)11-13-6-5-10-19-12-13/h4,7-8,13H,3,5-6,9-12,17H2,1-2H3. The first-order chi connectivity index (χ1) is 9.72. The molecule has 1 saturated heterocycles. The molecule has 0 radical (unpaired) electrons. The molecule has 0 aromatic heterocycles. The Labute approximate surface area is 121 Å². The van der Waals surface area contributed by atoms with Crippen LogP contribution in [-0.2, 0) is 4.74 Å². The lowest BCUT2D eigenvalue weighted by Crippen LogP contribution is -2.31. The third kappa shape index (κ3) is 3.79. The minimum atomic E-state index is 0.591. The van der Waals surface area contributed by atoms with Gasteiger partial charge in [0.15, 0.2) is 0 Å². The molecule has 2 rings (SSSR count). The molecule has 0 amide bonds. The summed E-state index contributed by atoms with van der Waals surface area (Å²) in [6, 6.07) is 5.99. The number of rotatable bonds is 6. The van der Waals surface area contributed by atoms with E-state index in [9.17, 15) is 0 Å². The van der Waals surface area contributed by atoms with Gasteiger partial charge in [0.2, 0.25) is 0 Å². The zero-order chi connectivity index (χ0) is 14.4. The molecular weight excluding hydrogens is 252 g/mol. The lowest BCUT2D eigenvalue weighted by atomic mass is 10.0. The fourth-order valence-electron chi connectivity index (χ4n) is 2.64. The Hall–Kier alpha value is -1.42. The SMILES string of the molecule is CCCOc1cccc(N(C)CC2CCCOC2)c1N. The van der Waals surface area contributed by atoms with Crippen LogP contribution in [0.25, 0.3) is 0 Å². The summed E-state index contributed by atoms with van der Waals surface area (Å²) in [7, 11) is 2.09. The van der Waals surface area contributed by atoms with Gasteiger partial charge in [0.05, 0.1) is 24.6 Å². The molecule has 112 valence electrons. The summed E-state index contributed by atoms with van der Waals surface area (Å²) in [5, 5.41) is 0. The lowest BCUT2D eigenvalue weighted by Gasteiger charge is -2.29. The first-order valence-electron chi connectivity index (χ1n) is 7.52. The van der Waals surface area contributed by atoms with Gasteiger partial charge in [0.1, 0.15) is 5.75 Å². The van der Waals surface area contributed by atoms with Crippen molar-refractivity contribution in [2.24, 2.45) is 5.92 Å². The number of nitrogen functional groups attached to an aromatic ring is 1. The summed E-state index contributed by atoms with van der Waals surface area (Å²) in [4.78, 5) is 2.22. The van der Waals surface area contributed by atoms with Crippen molar-refractivity contribution in [1.82, 2.24) is 0 Å². The molecule has 0 bridgehead atoms. The van der Waals surface area contributed by atoms with Crippen LogP contribution < -0.4 is 15.4 Å². The van der Waals surface area contributed by atoms with Crippen LogP contribution >= 0.6 is 0 Å². The molecule has 1 aromatic carbocycles. The smallest absolute Gasteiger partial charge is 0.144 e. The molecule has 1 atom stereocenters. The normalized spacial score (nSPS) is 18.8. The molecule has 1 heterocycles. The Morgan fingerprint density at radius 2 is 2.30 bits per heavy atom. The summed E-state index contributed by atoms with van der Waals surface area (Å²) in [6.07, 6.45) is 3.38. The van der Waals surface area contributed by atoms with Crippen molar-refractivity contribution in [3.63, 3.8) is 0 Å². The fourth-order valence-corrected chi connectivity index (χ4v) is 2.64. The quantitative estimate of drug-likeness (QED) is 0.813. The summed E-state index contributed by atoms with van der Waals surface area (Å²) >= 11 is 0. The van der Waals surface area contributed by atoms with E-state index >= 15 is 0 Å². The van der Waals surface area contributed by atoms with Gasteiger partial charge in [-0.3, -0.25) is 0 Å². The van der Waals surface area contributed by atoms with Crippen molar-refractivity contribution < 1.29 is 9.47 Å². The minimum Gasteiger partial charge on any atom is -0.491 e. The highest BCUT2D eigenvalue weighted by molar-refractivity contribution is 5.73. The Kier molecular flexibility index (Phi) is 5.53. The zero-order valence-corrected chi connectivity index (χ0v) is 12.6. The van der Waals surface area contributed by atoms with Crippen molar-refractivity contribution in [3.05, 3.63) is 18.2 Å². The summed E-state index contributed by atoms with van der Waals surface area (Å²) in [5.74, 6) is 1.38. The van der Waals surface area contributed by atoms with Crippen molar-refractivity contribution in [1.29, 1.82) is 0 Å². The second kappa shape index (κ2) is 7.39. The van der Waals surface area contributed by atoms with Crippen LogP contribution in [0.5, 0.6) is 5.75 Å². The van der Waals surface area contributed by atoms with Gasteiger partial charge in [0, 0.05) is 20.2 Å². The average Bonchev–Trinajstić information content (AvgIpc) is 2.47. The third-order valence-corrected chi connectivity index (χ3v) is 3.70. The zero-order valence-electron chi connectivity index (χ0n) is 12.6. The maximum atomic E-state index is 6.23. The van der Waals surface area contributed by atoms with Gasteiger partial charge in [0.25, 0.3) is 0 Å². The monoisotopic (exact) mass is 278 g/mol. The molecule has 2 N–H and O–H groups in total. The molecule has 4 heteroatoms. The van der Waals surface area contributed by atoms with Crippen LogP contribution in [-0.4, -0.2) is 33.4 Å². The van der Waals surface area contributed by atoms with E-state index in [1.54, 1.807) is 0 Å². The second-order valence-electron chi connectivity index (χ2n) is 5.50. The molecule has 0 aliphatic carbocycles. The number of nitrogens with zero attached hydrogens (tertiary/aromatic N) is 1. The molecule has 0 saturated carbocycles. The van der Waals surface area contributed by atoms with Crippen LogP contribution in [0.4, 0.5) is 11.4 Å². The molecule has 1 aliphatic heterocycles. The van der Waals surface area contributed by atoms with Crippen LogP contribution in [0.15, 0.2) is 18.2 Å². The largest absolute Gasteiger partial charge is 0.491 e. The van der Waals surface area contributed by atoms with Crippen molar-refractivity contribution in [2.45, 2.75) is 26.2 Å². The first-order valence-corrected chi connectivity index (χ1v) is 7.52. The first kappa shape index (κ1) is 15.0. The average molecular weight is 278 g/mol. The number of hydrogen-bond acceptors (Lipinski definition) is 4. The van der Waals surface area contributed by atoms with E-state index in [2.05, 4.69) is 24.9 Å². The van der Waals surface area contributed by atoms with Crippen molar-refractivity contribution >= 4 is 11.4 Å². The van der Waals surface area contributed by atoms with E-state index in [0.29, 0.717) is 12.5 Å². The van der Waals surface area contributed by atoms with Crippen molar-refractivity contribution in [3.8, 4) is 5.75 Å². The number of benzene rings is 1. The third-order valence-electron chi connectivity index (χ3n) is 3.70. The Bertz CT molecular complexity index is 417. The van der Waals surface area contributed by atoms with E-state index in [0.717, 1.165) is 49.7 Å². The van der Waals surface area contributed by atoms with E-state index in [1.165, 1.54) is 6.42 Å². The Morgan fingerprint density at radius 1 is 1.45 bits per heavy atom. The summed E-state index contributed by atoms with van der Waals surface area (Å²) < 4.78 is 11.2. The number of nitrogens with two attached hydrogens (primary N) is 1. The topological polar surface area (TPSA) is 47.7 Å². The van der Waals surface area contributed by atoms with Crippen LogP contribution in [0.1, 0.15) is 26.2 Å². The number of para-hydroxylation sites is 1. The molecule has 1 unspecified atom stereocenters. The number of anilines is 2. The van der Waals surface area contributed by atoms with E-state index in [4.69, 9.17) is 15.2 Å². The van der Waals surface area contributed by atoms with Gasteiger partial charge in [-0.05, 0) is 37.3 Å². The predicted octanol–water partition coefficient (Wildman–Crippen LogP) is 2.92. The number of hydrogen-bond donors (Lipinski definition) is 1. The molecule has 1 aliphatic rings. The number of ether oxygens (including phenoxy) is 2. The van der Waals surface area contributed by atoms with Crippen LogP contribution in [0, 0.1) is 5.92 Å². The van der Waals surface area contributed by atoms with E-state index < -0.39 is 0 Å².